The zero-order valence-corrected chi connectivity index (χ0v) is 5.94. The molecule has 9 heavy (non-hydrogen) atoms. The first-order valence-corrected chi connectivity index (χ1v) is 3.37. The van der Waals surface area contributed by atoms with Crippen molar-refractivity contribution < 1.29 is 4.74 Å². The van der Waals surface area contributed by atoms with E-state index in [2.05, 4.69) is 4.98 Å². The van der Waals surface area contributed by atoms with E-state index in [0.29, 0.717) is 6.54 Å². The number of nitrogens with two attached hydrogens (primary N) is 1. The third-order valence-corrected chi connectivity index (χ3v) is 1.89. The van der Waals surface area contributed by atoms with Crippen molar-refractivity contribution in [3.8, 4) is 5.06 Å². The summed E-state index contributed by atoms with van der Waals surface area (Å²) < 4.78 is 4.90. The summed E-state index contributed by atoms with van der Waals surface area (Å²) >= 11 is 1.47. The molecule has 0 saturated carbocycles. The molecule has 0 saturated heterocycles. The topological polar surface area (TPSA) is 48.1 Å². The lowest BCUT2D eigenvalue weighted by Crippen LogP contribution is -1.93. The van der Waals surface area contributed by atoms with Crippen molar-refractivity contribution in [2.75, 3.05) is 7.11 Å². The predicted molar refractivity (Wildman–Crippen MR) is 36.6 cm³/mol. The fourth-order valence-electron chi connectivity index (χ4n) is 0.482. The molecule has 4 heteroatoms. The minimum atomic E-state index is 0.494. The number of methoxy groups -OCH3 is 1. The summed E-state index contributed by atoms with van der Waals surface area (Å²) in [4.78, 5) is 3.97. The van der Waals surface area contributed by atoms with Crippen LogP contribution in [0.3, 0.4) is 0 Å². The van der Waals surface area contributed by atoms with Crippen molar-refractivity contribution in [1.82, 2.24) is 4.98 Å². The van der Waals surface area contributed by atoms with Crippen molar-refractivity contribution in [2.45, 2.75) is 6.54 Å². The van der Waals surface area contributed by atoms with Crippen LogP contribution in [0.1, 0.15) is 5.01 Å². The second-order valence-electron chi connectivity index (χ2n) is 1.48. The molecule has 0 fully saturated rings. The van der Waals surface area contributed by atoms with Gasteiger partial charge in [-0.1, -0.05) is 11.3 Å². The molecule has 0 aliphatic carbocycles. The molecule has 1 aromatic rings. The summed E-state index contributed by atoms with van der Waals surface area (Å²) in [5.41, 5.74) is 5.31. The average Bonchev–Trinajstić information content (AvgIpc) is 2.34. The van der Waals surface area contributed by atoms with Gasteiger partial charge in [-0.05, 0) is 0 Å². The Hall–Kier alpha value is -0.610. The molecule has 0 aromatic carbocycles. The van der Waals surface area contributed by atoms with Crippen molar-refractivity contribution >= 4 is 11.3 Å². The van der Waals surface area contributed by atoms with Gasteiger partial charge in [0.2, 0.25) is 0 Å². The number of thiazole rings is 1. The van der Waals surface area contributed by atoms with Crippen LogP contribution in [0, 0.1) is 0 Å². The van der Waals surface area contributed by atoms with Crippen LogP contribution in [0.4, 0.5) is 0 Å². The summed E-state index contributed by atoms with van der Waals surface area (Å²) in [5.74, 6) is 0. The van der Waals surface area contributed by atoms with E-state index < -0.39 is 0 Å². The first kappa shape index (κ1) is 6.51. The SMILES string of the molecule is COc1cnc(CN)s1. The van der Waals surface area contributed by atoms with E-state index in [-0.39, 0.29) is 0 Å². The molecule has 3 nitrogen and oxygen atoms in total. The molecule has 50 valence electrons. The van der Waals surface area contributed by atoms with Gasteiger partial charge in [-0.15, -0.1) is 0 Å². The Balaban J connectivity index is 2.74. The molecule has 1 aromatic heterocycles. The monoisotopic (exact) mass is 144 g/mol. The molecule has 0 spiro atoms. The average molecular weight is 144 g/mol. The number of rotatable bonds is 2. The lowest BCUT2D eigenvalue weighted by Gasteiger charge is -1.86. The second-order valence-corrected chi connectivity index (χ2v) is 2.56. The van der Waals surface area contributed by atoms with Gasteiger partial charge >= 0.3 is 0 Å². The standard InChI is InChI=1S/C5H8N2OS/c1-8-5-3-7-4(2-6)9-5/h3H,2,6H2,1H3. The van der Waals surface area contributed by atoms with E-state index in [1.165, 1.54) is 11.3 Å². The van der Waals surface area contributed by atoms with Crippen molar-refractivity contribution in [3.63, 3.8) is 0 Å². The molecule has 0 atom stereocenters. The Kier molecular flexibility index (Phi) is 2.02. The molecule has 0 bridgehead atoms. The number of nitrogens with zero attached hydrogens (tertiary/aromatic N) is 1. The minimum Gasteiger partial charge on any atom is -0.486 e. The maximum atomic E-state index is 5.31. The number of ether oxygens (including phenoxy) is 1. The van der Waals surface area contributed by atoms with Crippen LogP contribution in [-0.4, -0.2) is 12.1 Å². The highest BCUT2D eigenvalue weighted by molar-refractivity contribution is 7.13. The molecule has 1 rings (SSSR count). The predicted octanol–water partition coefficient (Wildman–Crippen LogP) is 0.610. The van der Waals surface area contributed by atoms with Crippen LogP contribution in [0.5, 0.6) is 5.06 Å². The molecular formula is C5H8N2OS. The first-order chi connectivity index (χ1) is 4.36. The largest absolute Gasteiger partial charge is 0.486 e. The van der Waals surface area contributed by atoms with Gasteiger partial charge in [-0.2, -0.15) is 0 Å². The van der Waals surface area contributed by atoms with Crippen molar-refractivity contribution in [3.05, 3.63) is 11.2 Å². The Bertz CT molecular complexity index is 168. The Morgan fingerprint density at radius 1 is 1.89 bits per heavy atom. The summed E-state index contributed by atoms with van der Waals surface area (Å²) in [6, 6.07) is 0. The zero-order valence-electron chi connectivity index (χ0n) is 5.13. The summed E-state index contributed by atoms with van der Waals surface area (Å²) in [6.07, 6.45) is 1.67. The van der Waals surface area contributed by atoms with Gasteiger partial charge < -0.3 is 10.5 Å². The van der Waals surface area contributed by atoms with Crippen LogP contribution in [0.2, 0.25) is 0 Å². The fraction of sp³-hybridized carbons (Fsp3) is 0.400. The minimum absolute atomic E-state index is 0.494. The van der Waals surface area contributed by atoms with Gasteiger partial charge in [0, 0.05) is 6.54 Å². The van der Waals surface area contributed by atoms with Crippen LogP contribution in [0.15, 0.2) is 6.20 Å². The van der Waals surface area contributed by atoms with Crippen LogP contribution in [-0.2, 0) is 6.54 Å². The van der Waals surface area contributed by atoms with Gasteiger partial charge in [0.05, 0.1) is 13.3 Å². The van der Waals surface area contributed by atoms with Gasteiger partial charge in [0.1, 0.15) is 5.01 Å². The zero-order chi connectivity index (χ0) is 6.69. The Morgan fingerprint density at radius 3 is 3.00 bits per heavy atom. The third kappa shape index (κ3) is 1.40. The van der Waals surface area contributed by atoms with E-state index in [4.69, 9.17) is 10.5 Å². The summed E-state index contributed by atoms with van der Waals surface area (Å²) in [7, 11) is 1.62. The Labute approximate surface area is 57.5 Å². The van der Waals surface area contributed by atoms with E-state index in [0.717, 1.165) is 10.1 Å². The number of hydrogen-bond donors (Lipinski definition) is 1. The molecule has 0 radical (unpaired) electrons. The van der Waals surface area contributed by atoms with Crippen molar-refractivity contribution in [2.24, 2.45) is 5.73 Å². The van der Waals surface area contributed by atoms with Crippen LogP contribution in [0.25, 0.3) is 0 Å². The smallest absolute Gasteiger partial charge is 0.193 e. The second kappa shape index (κ2) is 2.80. The highest BCUT2D eigenvalue weighted by Gasteiger charge is 1.96. The van der Waals surface area contributed by atoms with Gasteiger partial charge in [0.15, 0.2) is 5.06 Å². The molecule has 0 aliphatic heterocycles. The first-order valence-electron chi connectivity index (χ1n) is 2.55. The maximum Gasteiger partial charge on any atom is 0.193 e. The summed E-state index contributed by atoms with van der Waals surface area (Å²) in [6.45, 7) is 0.494. The van der Waals surface area contributed by atoms with E-state index in [1.54, 1.807) is 13.3 Å². The van der Waals surface area contributed by atoms with E-state index in [9.17, 15) is 0 Å². The van der Waals surface area contributed by atoms with E-state index >= 15 is 0 Å². The maximum absolute atomic E-state index is 5.31. The van der Waals surface area contributed by atoms with Crippen LogP contribution < -0.4 is 10.5 Å². The third-order valence-electron chi connectivity index (χ3n) is 0.908. The van der Waals surface area contributed by atoms with Gasteiger partial charge in [-0.25, -0.2) is 4.98 Å². The summed E-state index contributed by atoms with van der Waals surface area (Å²) in [5, 5.41) is 1.72. The highest BCUT2D eigenvalue weighted by atomic mass is 32.1. The van der Waals surface area contributed by atoms with Crippen molar-refractivity contribution in [1.29, 1.82) is 0 Å². The normalized spacial score (nSPS) is 9.56. The van der Waals surface area contributed by atoms with Crippen LogP contribution >= 0.6 is 11.3 Å². The number of hydrogen-bond acceptors (Lipinski definition) is 4. The number of aromatic nitrogens is 1. The molecule has 0 amide bonds. The molecule has 2 N–H and O–H groups in total. The fourth-order valence-corrected chi connectivity index (χ4v) is 1.09. The Morgan fingerprint density at radius 2 is 2.67 bits per heavy atom. The molecular weight excluding hydrogens is 136 g/mol. The molecule has 1 heterocycles. The lowest BCUT2D eigenvalue weighted by atomic mass is 10.7. The molecule has 0 aliphatic rings. The molecule has 0 unspecified atom stereocenters. The lowest BCUT2D eigenvalue weighted by molar-refractivity contribution is 0.426. The van der Waals surface area contributed by atoms with Gasteiger partial charge in [-0.3, -0.25) is 0 Å². The van der Waals surface area contributed by atoms with E-state index in [1.807, 2.05) is 0 Å². The van der Waals surface area contributed by atoms with Gasteiger partial charge in [0.25, 0.3) is 0 Å². The highest BCUT2D eigenvalue weighted by Crippen LogP contribution is 2.19. The quantitative estimate of drug-likeness (QED) is 0.661.